The molecule has 2 heterocycles. The van der Waals surface area contributed by atoms with Gasteiger partial charge in [-0.2, -0.15) is 0 Å². The molecule has 2 amide bonds. The highest BCUT2D eigenvalue weighted by molar-refractivity contribution is 6.35. The Kier molecular flexibility index (Phi) is 5.86. The lowest BCUT2D eigenvalue weighted by Crippen LogP contribution is -2.38. The predicted octanol–water partition coefficient (Wildman–Crippen LogP) is 4.27. The molecule has 0 aliphatic carbocycles. The second kappa shape index (κ2) is 8.58. The number of nitrogens with zero attached hydrogens (tertiary/aromatic N) is 2. The van der Waals surface area contributed by atoms with Crippen molar-refractivity contribution < 1.29 is 14.3 Å². The average molecular weight is 419 g/mol. The monoisotopic (exact) mass is 418 g/mol. The molecular weight excluding hydrogens is 388 g/mol. The third-order valence-electron chi connectivity index (χ3n) is 5.65. The van der Waals surface area contributed by atoms with Crippen LogP contribution >= 0.6 is 0 Å². The number of imide groups is 1. The zero-order valence-electron chi connectivity index (χ0n) is 18.7. The van der Waals surface area contributed by atoms with E-state index >= 15 is 0 Å². The number of benzene rings is 2. The molecule has 2 aliphatic heterocycles. The lowest BCUT2D eigenvalue weighted by Gasteiger charge is -2.31. The van der Waals surface area contributed by atoms with E-state index in [0.29, 0.717) is 24.4 Å². The molecule has 5 nitrogen and oxygen atoms in total. The molecular formula is C26H30N2O3. The molecule has 0 unspecified atom stereocenters. The van der Waals surface area contributed by atoms with E-state index in [-0.39, 0.29) is 23.8 Å². The first kappa shape index (κ1) is 21.2. The van der Waals surface area contributed by atoms with Gasteiger partial charge in [0.15, 0.2) is 0 Å². The van der Waals surface area contributed by atoms with Crippen molar-refractivity contribution in [1.29, 1.82) is 0 Å². The first-order chi connectivity index (χ1) is 14.8. The summed E-state index contributed by atoms with van der Waals surface area (Å²) in [7, 11) is 0. The Bertz CT molecular complexity index is 1020. The van der Waals surface area contributed by atoms with Crippen LogP contribution in [0, 0.1) is 5.92 Å². The third kappa shape index (κ3) is 4.22. The fourth-order valence-electron chi connectivity index (χ4n) is 4.31. The Morgan fingerprint density at radius 3 is 2.23 bits per heavy atom. The largest absolute Gasteiger partial charge is 0.491 e. The lowest BCUT2D eigenvalue weighted by atomic mass is 9.98. The SMILES string of the molecule is CC(C)CN1C(=O)C(c2ccc(OC(C)C)cc2)=C(N2CCc3ccccc3C2)C1=O. The van der Waals surface area contributed by atoms with Gasteiger partial charge < -0.3 is 9.64 Å². The summed E-state index contributed by atoms with van der Waals surface area (Å²) in [5.74, 6) is 0.571. The highest BCUT2D eigenvalue weighted by Crippen LogP contribution is 2.35. The minimum Gasteiger partial charge on any atom is -0.491 e. The van der Waals surface area contributed by atoms with Crippen LogP contribution in [-0.4, -0.2) is 40.8 Å². The van der Waals surface area contributed by atoms with Crippen molar-refractivity contribution in [3.05, 3.63) is 70.9 Å². The number of hydrogen-bond donors (Lipinski definition) is 0. The van der Waals surface area contributed by atoms with Gasteiger partial charge in [0.2, 0.25) is 0 Å². The Morgan fingerprint density at radius 1 is 0.903 bits per heavy atom. The van der Waals surface area contributed by atoms with Gasteiger partial charge in [-0.25, -0.2) is 0 Å². The highest BCUT2D eigenvalue weighted by Gasteiger charge is 2.42. The summed E-state index contributed by atoms with van der Waals surface area (Å²) in [5.41, 5.74) is 4.31. The molecule has 0 radical (unpaired) electrons. The van der Waals surface area contributed by atoms with E-state index in [1.807, 2.05) is 58.0 Å². The van der Waals surface area contributed by atoms with Crippen LogP contribution in [0.15, 0.2) is 54.2 Å². The Morgan fingerprint density at radius 2 is 1.58 bits per heavy atom. The van der Waals surface area contributed by atoms with Crippen LogP contribution in [0.4, 0.5) is 0 Å². The van der Waals surface area contributed by atoms with Crippen molar-refractivity contribution in [1.82, 2.24) is 9.80 Å². The van der Waals surface area contributed by atoms with E-state index in [9.17, 15) is 9.59 Å². The van der Waals surface area contributed by atoms with E-state index < -0.39 is 0 Å². The fourth-order valence-corrected chi connectivity index (χ4v) is 4.31. The fraction of sp³-hybridized carbons (Fsp3) is 0.385. The van der Waals surface area contributed by atoms with E-state index in [2.05, 4.69) is 23.1 Å². The zero-order chi connectivity index (χ0) is 22.1. The molecule has 2 aromatic rings. The number of amides is 2. The van der Waals surface area contributed by atoms with Gasteiger partial charge in [-0.15, -0.1) is 0 Å². The molecule has 0 saturated carbocycles. The van der Waals surface area contributed by atoms with Crippen LogP contribution in [-0.2, 0) is 22.6 Å². The van der Waals surface area contributed by atoms with Crippen molar-refractivity contribution in [3.63, 3.8) is 0 Å². The van der Waals surface area contributed by atoms with Gasteiger partial charge in [-0.05, 0) is 55.0 Å². The maximum absolute atomic E-state index is 13.4. The van der Waals surface area contributed by atoms with Gasteiger partial charge in [0.25, 0.3) is 11.8 Å². The molecule has 31 heavy (non-hydrogen) atoms. The summed E-state index contributed by atoms with van der Waals surface area (Å²) >= 11 is 0. The Hall–Kier alpha value is -3.08. The van der Waals surface area contributed by atoms with Crippen molar-refractivity contribution in [3.8, 4) is 5.75 Å². The lowest BCUT2D eigenvalue weighted by molar-refractivity contribution is -0.138. The molecule has 0 atom stereocenters. The quantitative estimate of drug-likeness (QED) is 0.658. The standard InChI is InChI=1S/C26H30N2O3/c1-17(2)15-28-25(29)23(20-9-11-22(12-10-20)31-18(3)4)24(26(28)30)27-14-13-19-7-5-6-8-21(19)16-27/h5-12,17-18H,13-16H2,1-4H3. The molecule has 0 fully saturated rings. The third-order valence-corrected chi connectivity index (χ3v) is 5.65. The maximum Gasteiger partial charge on any atom is 0.277 e. The van der Waals surface area contributed by atoms with Crippen LogP contribution in [0.5, 0.6) is 5.75 Å². The number of carbonyl (C=O) groups is 2. The number of rotatable bonds is 6. The van der Waals surface area contributed by atoms with Crippen molar-refractivity contribution in [2.45, 2.75) is 46.8 Å². The first-order valence-electron chi connectivity index (χ1n) is 11.0. The summed E-state index contributed by atoms with van der Waals surface area (Å²) < 4.78 is 5.75. The van der Waals surface area contributed by atoms with E-state index in [1.54, 1.807) is 0 Å². The summed E-state index contributed by atoms with van der Waals surface area (Å²) in [5, 5.41) is 0. The van der Waals surface area contributed by atoms with Crippen molar-refractivity contribution in [2.75, 3.05) is 13.1 Å². The van der Waals surface area contributed by atoms with Gasteiger partial charge in [-0.1, -0.05) is 50.2 Å². The van der Waals surface area contributed by atoms with Gasteiger partial charge in [-0.3, -0.25) is 14.5 Å². The number of ether oxygens (including phenoxy) is 1. The molecule has 0 spiro atoms. The van der Waals surface area contributed by atoms with Gasteiger partial charge >= 0.3 is 0 Å². The van der Waals surface area contributed by atoms with Crippen LogP contribution in [0.2, 0.25) is 0 Å². The summed E-state index contributed by atoms with van der Waals surface area (Å²) in [6, 6.07) is 15.8. The smallest absolute Gasteiger partial charge is 0.277 e. The van der Waals surface area contributed by atoms with Crippen LogP contribution in [0.25, 0.3) is 5.57 Å². The highest BCUT2D eigenvalue weighted by atomic mass is 16.5. The molecule has 2 aromatic carbocycles. The second-order valence-electron chi connectivity index (χ2n) is 8.97. The Labute approximate surface area is 184 Å². The molecule has 0 saturated heterocycles. The molecule has 4 rings (SSSR count). The topological polar surface area (TPSA) is 49.9 Å². The summed E-state index contributed by atoms with van der Waals surface area (Å²) in [4.78, 5) is 30.3. The number of carbonyl (C=O) groups excluding carboxylic acids is 2. The second-order valence-corrected chi connectivity index (χ2v) is 8.97. The molecule has 0 N–H and O–H groups in total. The van der Waals surface area contributed by atoms with Crippen molar-refractivity contribution >= 4 is 17.4 Å². The minimum absolute atomic E-state index is 0.0743. The van der Waals surface area contributed by atoms with E-state index in [1.165, 1.54) is 16.0 Å². The molecule has 5 heteroatoms. The van der Waals surface area contributed by atoms with Crippen molar-refractivity contribution in [2.24, 2.45) is 5.92 Å². The molecule has 2 aliphatic rings. The van der Waals surface area contributed by atoms with Crippen LogP contribution in [0.1, 0.15) is 44.4 Å². The normalized spacial score (nSPS) is 16.6. The molecule has 0 aromatic heterocycles. The molecule has 162 valence electrons. The molecule has 0 bridgehead atoms. The average Bonchev–Trinajstić information content (AvgIpc) is 2.98. The maximum atomic E-state index is 13.4. The van der Waals surface area contributed by atoms with Crippen LogP contribution < -0.4 is 4.74 Å². The number of hydrogen-bond acceptors (Lipinski definition) is 4. The minimum atomic E-state index is -0.204. The summed E-state index contributed by atoms with van der Waals surface area (Å²) in [6.45, 7) is 9.78. The summed E-state index contributed by atoms with van der Waals surface area (Å²) in [6.07, 6.45) is 0.935. The van der Waals surface area contributed by atoms with E-state index in [4.69, 9.17) is 4.74 Å². The van der Waals surface area contributed by atoms with E-state index in [0.717, 1.165) is 24.3 Å². The first-order valence-corrected chi connectivity index (χ1v) is 11.0. The van der Waals surface area contributed by atoms with Gasteiger partial charge in [0.1, 0.15) is 11.4 Å². The van der Waals surface area contributed by atoms with Gasteiger partial charge in [0, 0.05) is 19.6 Å². The number of fused-ring (bicyclic) bond motifs is 1. The predicted molar refractivity (Wildman–Crippen MR) is 121 cm³/mol. The van der Waals surface area contributed by atoms with Crippen LogP contribution in [0.3, 0.4) is 0 Å². The zero-order valence-corrected chi connectivity index (χ0v) is 18.7. The van der Waals surface area contributed by atoms with Gasteiger partial charge in [0.05, 0.1) is 11.7 Å². The Balaban J connectivity index is 1.74.